The molecule has 0 aromatic rings. The third kappa shape index (κ3) is 2.71. The van der Waals surface area contributed by atoms with Gasteiger partial charge in [0.2, 0.25) is 0 Å². The fraction of sp³-hybridized carbons (Fsp3) is 0.692. The molecule has 0 saturated heterocycles. The van der Waals surface area contributed by atoms with Gasteiger partial charge in [0.1, 0.15) is 0 Å². The van der Waals surface area contributed by atoms with Crippen molar-refractivity contribution in [2.75, 3.05) is 0 Å². The largest absolute Gasteiger partial charge is 0.310 e. The molecule has 1 heteroatoms. The molecule has 14 heavy (non-hydrogen) atoms. The molecule has 3 unspecified atom stereocenters. The van der Waals surface area contributed by atoms with E-state index in [4.69, 9.17) is 0 Å². The van der Waals surface area contributed by atoms with Gasteiger partial charge in [-0.3, -0.25) is 0 Å². The van der Waals surface area contributed by atoms with Gasteiger partial charge in [-0.1, -0.05) is 45.6 Å². The van der Waals surface area contributed by atoms with Gasteiger partial charge >= 0.3 is 0 Å². The molecule has 0 radical (unpaired) electrons. The summed E-state index contributed by atoms with van der Waals surface area (Å²) in [6.45, 7) is 14.6. The average Bonchev–Trinajstić information content (AvgIpc) is 2.91. The molecule has 0 heterocycles. The SMILES string of the molecule is C=CC(=C)C1CC1NC(CC)C(C)C. The molecular weight excluding hydrogens is 170 g/mol. The molecule has 1 aliphatic carbocycles. The average molecular weight is 193 g/mol. The lowest BCUT2D eigenvalue weighted by Gasteiger charge is -2.20. The lowest BCUT2D eigenvalue weighted by atomic mass is 10.0. The molecule has 1 nitrogen and oxygen atoms in total. The van der Waals surface area contributed by atoms with Crippen molar-refractivity contribution < 1.29 is 0 Å². The van der Waals surface area contributed by atoms with Crippen LogP contribution in [0.15, 0.2) is 24.8 Å². The Morgan fingerprint density at radius 3 is 2.64 bits per heavy atom. The van der Waals surface area contributed by atoms with Gasteiger partial charge in [-0.2, -0.15) is 0 Å². The first-order valence-electron chi connectivity index (χ1n) is 5.67. The number of hydrogen-bond acceptors (Lipinski definition) is 1. The van der Waals surface area contributed by atoms with Crippen molar-refractivity contribution in [1.82, 2.24) is 5.32 Å². The van der Waals surface area contributed by atoms with E-state index >= 15 is 0 Å². The highest BCUT2D eigenvalue weighted by Crippen LogP contribution is 2.37. The van der Waals surface area contributed by atoms with Crippen LogP contribution in [-0.2, 0) is 0 Å². The summed E-state index contributed by atoms with van der Waals surface area (Å²) in [5.41, 5.74) is 1.20. The van der Waals surface area contributed by atoms with Crippen molar-refractivity contribution in [2.24, 2.45) is 11.8 Å². The minimum Gasteiger partial charge on any atom is -0.310 e. The Morgan fingerprint density at radius 2 is 2.21 bits per heavy atom. The molecule has 0 aromatic heterocycles. The lowest BCUT2D eigenvalue weighted by Crippen LogP contribution is -2.35. The van der Waals surface area contributed by atoms with Gasteiger partial charge in [0.25, 0.3) is 0 Å². The smallest absolute Gasteiger partial charge is 0.0145 e. The highest BCUT2D eigenvalue weighted by atomic mass is 15.0. The zero-order valence-corrected chi connectivity index (χ0v) is 9.72. The highest BCUT2D eigenvalue weighted by Gasteiger charge is 2.39. The molecule has 1 fully saturated rings. The van der Waals surface area contributed by atoms with Gasteiger partial charge in [-0.25, -0.2) is 0 Å². The van der Waals surface area contributed by atoms with Crippen molar-refractivity contribution >= 4 is 0 Å². The molecule has 0 aromatic carbocycles. The second-order valence-electron chi connectivity index (χ2n) is 4.65. The number of hydrogen-bond donors (Lipinski definition) is 1. The van der Waals surface area contributed by atoms with E-state index in [0.717, 1.165) is 5.92 Å². The van der Waals surface area contributed by atoms with Crippen LogP contribution in [0.1, 0.15) is 33.6 Å². The normalized spacial score (nSPS) is 27.4. The molecule has 1 aliphatic rings. The summed E-state index contributed by atoms with van der Waals surface area (Å²) in [4.78, 5) is 0. The predicted octanol–water partition coefficient (Wildman–Crippen LogP) is 3.14. The zero-order chi connectivity index (χ0) is 10.7. The first-order valence-corrected chi connectivity index (χ1v) is 5.67. The van der Waals surface area contributed by atoms with Gasteiger partial charge in [-0.15, -0.1) is 0 Å². The monoisotopic (exact) mass is 193 g/mol. The van der Waals surface area contributed by atoms with Crippen molar-refractivity contribution in [3.05, 3.63) is 24.8 Å². The van der Waals surface area contributed by atoms with E-state index in [1.54, 1.807) is 0 Å². The molecule has 0 amide bonds. The number of nitrogens with one attached hydrogen (secondary N) is 1. The van der Waals surface area contributed by atoms with E-state index in [9.17, 15) is 0 Å². The Labute approximate surface area is 88.3 Å². The van der Waals surface area contributed by atoms with Gasteiger partial charge in [0.05, 0.1) is 0 Å². The summed E-state index contributed by atoms with van der Waals surface area (Å²) in [5, 5.41) is 3.70. The Bertz CT molecular complexity index is 217. The van der Waals surface area contributed by atoms with Crippen LogP contribution in [-0.4, -0.2) is 12.1 Å². The third-order valence-corrected chi connectivity index (χ3v) is 3.20. The minimum absolute atomic E-state index is 0.653. The maximum atomic E-state index is 4.01. The molecule has 80 valence electrons. The van der Waals surface area contributed by atoms with Crippen LogP contribution in [0, 0.1) is 11.8 Å². The summed E-state index contributed by atoms with van der Waals surface area (Å²) < 4.78 is 0. The summed E-state index contributed by atoms with van der Waals surface area (Å²) in [7, 11) is 0. The van der Waals surface area contributed by atoms with Crippen LogP contribution in [0.3, 0.4) is 0 Å². The first-order chi connectivity index (χ1) is 6.60. The van der Waals surface area contributed by atoms with E-state index in [2.05, 4.69) is 39.2 Å². The quantitative estimate of drug-likeness (QED) is 0.639. The zero-order valence-electron chi connectivity index (χ0n) is 9.72. The Hall–Kier alpha value is -0.560. The van der Waals surface area contributed by atoms with Crippen molar-refractivity contribution in [1.29, 1.82) is 0 Å². The Kier molecular flexibility index (Phi) is 3.94. The first kappa shape index (κ1) is 11.5. The van der Waals surface area contributed by atoms with Crippen molar-refractivity contribution in [3.63, 3.8) is 0 Å². The van der Waals surface area contributed by atoms with Gasteiger partial charge in [0, 0.05) is 18.0 Å². The van der Waals surface area contributed by atoms with Gasteiger partial charge < -0.3 is 5.32 Å². The maximum Gasteiger partial charge on any atom is 0.0145 e. The topological polar surface area (TPSA) is 12.0 Å². The standard InChI is InChI=1S/C13H23N/c1-6-10(5)11-8-13(11)14-12(7-2)9(3)4/h6,9,11-14H,1,5,7-8H2,2-4H3. The van der Waals surface area contributed by atoms with E-state index in [-0.39, 0.29) is 0 Å². The summed E-state index contributed by atoms with van der Waals surface area (Å²) in [5.74, 6) is 1.37. The van der Waals surface area contributed by atoms with E-state index in [1.807, 2.05) is 6.08 Å². The second-order valence-corrected chi connectivity index (χ2v) is 4.65. The molecule has 1 rings (SSSR count). The van der Waals surface area contributed by atoms with Crippen LogP contribution >= 0.6 is 0 Å². The second kappa shape index (κ2) is 4.79. The predicted molar refractivity (Wildman–Crippen MR) is 63.3 cm³/mol. The van der Waals surface area contributed by atoms with E-state index < -0.39 is 0 Å². The van der Waals surface area contributed by atoms with Crippen molar-refractivity contribution in [3.8, 4) is 0 Å². The lowest BCUT2D eigenvalue weighted by molar-refractivity contribution is 0.382. The Morgan fingerprint density at radius 1 is 1.57 bits per heavy atom. The maximum absolute atomic E-state index is 4.01. The molecule has 0 spiro atoms. The van der Waals surface area contributed by atoms with Gasteiger partial charge in [0.15, 0.2) is 0 Å². The van der Waals surface area contributed by atoms with E-state index in [0.29, 0.717) is 18.0 Å². The van der Waals surface area contributed by atoms with Gasteiger partial charge in [-0.05, 0) is 18.8 Å². The van der Waals surface area contributed by atoms with Crippen molar-refractivity contribution in [2.45, 2.75) is 45.7 Å². The van der Waals surface area contributed by atoms with Crippen LogP contribution in [0.5, 0.6) is 0 Å². The summed E-state index contributed by atoms with van der Waals surface area (Å²) in [6, 6.07) is 1.32. The third-order valence-electron chi connectivity index (χ3n) is 3.20. The highest BCUT2D eigenvalue weighted by molar-refractivity contribution is 5.24. The molecule has 0 aliphatic heterocycles. The molecule has 0 bridgehead atoms. The van der Waals surface area contributed by atoms with Crippen LogP contribution < -0.4 is 5.32 Å². The fourth-order valence-corrected chi connectivity index (χ4v) is 2.00. The summed E-state index contributed by atoms with van der Waals surface area (Å²) in [6.07, 6.45) is 4.35. The molecular formula is C13H23N. The fourth-order valence-electron chi connectivity index (χ4n) is 2.00. The van der Waals surface area contributed by atoms with Crippen LogP contribution in [0.4, 0.5) is 0 Å². The Balaban J connectivity index is 2.34. The number of rotatable bonds is 6. The van der Waals surface area contributed by atoms with Crippen LogP contribution in [0.25, 0.3) is 0 Å². The van der Waals surface area contributed by atoms with Crippen LogP contribution in [0.2, 0.25) is 0 Å². The minimum atomic E-state index is 0.653. The van der Waals surface area contributed by atoms with E-state index in [1.165, 1.54) is 18.4 Å². The molecule has 1 N–H and O–H groups in total. The summed E-state index contributed by atoms with van der Waals surface area (Å²) >= 11 is 0. The molecule has 3 atom stereocenters. The molecule has 1 saturated carbocycles. The number of allylic oxidation sites excluding steroid dienone is 1.